The number of hydrogen-bond acceptors (Lipinski definition) is 2. The lowest BCUT2D eigenvalue weighted by atomic mass is 10.3. The van der Waals surface area contributed by atoms with Gasteiger partial charge in [0.15, 0.2) is 6.61 Å². The van der Waals surface area contributed by atoms with E-state index in [9.17, 15) is 9.18 Å². The third-order valence-corrected chi connectivity index (χ3v) is 2.61. The highest BCUT2D eigenvalue weighted by Gasteiger charge is 2.07. The first-order valence-corrected chi connectivity index (χ1v) is 5.96. The molecule has 0 aliphatic heterocycles. The highest BCUT2D eigenvalue weighted by Crippen LogP contribution is 2.24. The van der Waals surface area contributed by atoms with Crippen LogP contribution in [0.2, 0.25) is 5.02 Å². The molecular formula is C14H11ClFNO2. The molecule has 0 aliphatic rings. The molecule has 19 heavy (non-hydrogen) atoms. The first kappa shape index (κ1) is 13.4. The zero-order chi connectivity index (χ0) is 13.7. The summed E-state index contributed by atoms with van der Waals surface area (Å²) in [4.78, 5) is 11.6. The minimum atomic E-state index is -0.453. The Balaban J connectivity index is 1.90. The van der Waals surface area contributed by atoms with Gasteiger partial charge in [-0.25, -0.2) is 4.39 Å². The van der Waals surface area contributed by atoms with Gasteiger partial charge in [0.25, 0.3) is 5.91 Å². The summed E-state index contributed by atoms with van der Waals surface area (Å²) in [7, 11) is 0. The van der Waals surface area contributed by atoms with Crippen LogP contribution in [-0.2, 0) is 4.79 Å². The fourth-order valence-electron chi connectivity index (χ4n) is 1.45. The van der Waals surface area contributed by atoms with Crippen molar-refractivity contribution in [3.8, 4) is 5.75 Å². The van der Waals surface area contributed by atoms with Crippen molar-refractivity contribution in [1.29, 1.82) is 0 Å². The molecule has 2 aromatic rings. The van der Waals surface area contributed by atoms with Crippen LogP contribution in [-0.4, -0.2) is 12.5 Å². The van der Waals surface area contributed by atoms with Gasteiger partial charge in [-0.05, 0) is 30.3 Å². The Labute approximate surface area is 115 Å². The summed E-state index contributed by atoms with van der Waals surface area (Å²) >= 11 is 5.78. The molecule has 1 N–H and O–H groups in total. The van der Waals surface area contributed by atoms with Crippen LogP contribution in [0, 0.1) is 5.82 Å². The van der Waals surface area contributed by atoms with Crippen molar-refractivity contribution >= 4 is 23.2 Å². The van der Waals surface area contributed by atoms with E-state index in [0.717, 1.165) is 6.07 Å². The zero-order valence-corrected chi connectivity index (χ0v) is 10.7. The first-order valence-electron chi connectivity index (χ1n) is 5.58. The maximum atomic E-state index is 12.8. The number of amides is 1. The lowest BCUT2D eigenvalue weighted by Crippen LogP contribution is -2.20. The summed E-state index contributed by atoms with van der Waals surface area (Å²) in [5, 5.41) is 2.79. The largest absolute Gasteiger partial charge is 0.482 e. The van der Waals surface area contributed by atoms with Crippen LogP contribution < -0.4 is 10.1 Å². The number of halogens is 2. The number of benzene rings is 2. The number of ether oxygens (including phenoxy) is 1. The van der Waals surface area contributed by atoms with E-state index < -0.39 is 5.82 Å². The Bertz CT molecular complexity index is 575. The van der Waals surface area contributed by atoms with Crippen molar-refractivity contribution in [3.05, 3.63) is 59.4 Å². The Morgan fingerprint density at radius 3 is 2.63 bits per heavy atom. The number of hydrogen-bond donors (Lipinski definition) is 1. The van der Waals surface area contributed by atoms with Gasteiger partial charge in [0.2, 0.25) is 0 Å². The Hall–Kier alpha value is -2.07. The van der Waals surface area contributed by atoms with Crippen LogP contribution in [0.15, 0.2) is 48.5 Å². The van der Waals surface area contributed by atoms with Crippen LogP contribution in [0.1, 0.15) is 0 Å². The van der Waals surface area contributed by atoms with E-state index in [0.29, 0.717) is 5.69 Å². The van der Waals surface area contributed by atoms with Gasteiger partial charge in [0.05, 0.1) is 5.02 Å². The van der Waals surface area contributed by atoms with Gasteiger partial charge in [-0.2, -0.15) is 0 Å². The van der Waals surface area contributed by atoms with E-state index in [1.165, 1.54) is 12.1 Å². The standard InChI is InChI=1S/C14H11ClFNO2/c15-12-8-10(16)6-7-13(12)19-9-14(18)17-11-4-2-1-3-5-11/h1-8H,9H2,(H,17,18). The van der Waals surface area contributed by atoms with Gasteiger partial charge in [-0.15, -0.1) is 0 Å². The van der Waals surface area contributed by atoms with Gasteiger partial charge in [0.1, 0.15) is 11.6 Å². The van der Waals surface area contributed by atoms with Gasteiger partial charge in [-0.1, -0.05) is 29.8 Å². The van der Waals surface area contributed by atoms with Crippen molar-refractivity contribution in [3.63, 3.8) is 0 Å². The van der Waals surface area contributed by atoms with E-state index in [1.807, 2.05) is 18.2 Å². The molecule has 3 nitrogen and oxygen atoms in total. The van der Waals surface area contributed by atoms with Crippen LogP contribution in [0.5, 0.6) is 5.75 Å². The minimum absolute atomic E-state index is 0.132. The SMILES string of the molecule is O=C(COc1ccc(F)cc1Cl)Nc1ccccc1. The second kappa shape index (κ2) is 6.20. The Morgan fingerprint density at radius 1 is 1.21 bits per heavy atom. The first-order chi connectivity index (χ1) is 9.15. The molecule has 0 saturated carbocycles. The van der Waals surface area contributed by atoms with E-state index >= 15 is 0 Å². The molecule has 0 atom stereocenters. The van der Waals surface area contributed by atoms with Crippen LogP contribution in [0.3, 0.4) is 0 Å². The van der Waals surface area contributed by atoms with Gasteiger partial charge < -0.3 is 10.1 Å². The summed E-state index contributed by atoms with van der Waals surface area (Å²) in [6.07, 6.45) is 0. The number of anilines is 1. The summed E-state index contributed by atoms with van der Waals surface area (Å²) < 4.78 is 18.0. The number of carbonyl (C=O) groups is 1. The fraction of sp³-hybridized carbons (Fsp3) is 0.0714. The predicted molar refractivity (Wildman–Crippen MR) is 72.0 cm³/mol. The van der Waals surface area contributed by atoms with Crippen molar-refractivity contribution < 1.29 is 13.9 Å². The molecule has 0 aliphatic carbocycles. The summed E-state index contributed by atoms with van der Waals surface area (Å²) in [5.41, 5.74) is 0.682. The van der Waals surface area contributed by atoms with Crippen LogP contribution in [0.4, 0.5) is 10.1 Å². The topological polar surface area (TPSA) is 38.3 Å². The molecular weight excluding hydrogens is 269 g/mol. The summed E-state index contributed by atoms with van der Waals surface area (Å²) in [6, 6.07) is 12.7. The second-order valence-corrected chi connectivity index (χ2v) is 4.18. The average molecular weight is 280 g/mol. The maximum Gasteiger partial charge on any atom is 0.262 e. The number of nitrogens with one attached hydrogen (secondary N) is 1. The molecule has 0 heterocycles. The van der Waals surface area contributed by atoms with Crippen molar-refractivity contribution in [2.45, 2.75) is 0 Å². The van der Waals surface area contributed by atoms with Gasteiger partial charge in [-0.3, -0.25) is 4.79 Å². The lowest BCUT2D eigenvalue weighted by molar-refractivity contribution is -0.118. The van der Waals surface area contributed by atoms with Crippen LogP contribution in [0.25, 0.3) is 0 Å². The Kier molecular flexibility index (Phi) is 4.36. The van der Waals surface area contributed by atoms with Crippen molar-refractivity contribution in [1.82, 2.24) is 0 Å². The number of carbonyl (C=O) groups excluding carboxylic acids is 1. The van der Waals surface area contributed by atoms with Crippen molar-refractivity contribution in [2.24, 2.45) is 0 Å². The maximum absolute atomic E-state index is 12.8. The minimum Gasteiger partial charge on any atom is -0.482 e. The molecule has 0 aromatic heterocycles. The molecule has 0 fully saturated rings. The molecule has 1 amide bonds. The van der Waals surface area contributed by atoms with E-state index in [2.05, 4.69) is 5.32 Å². The fourth-order valence-corrected chi connectivity index (χ4v) is 1.68. The zero-order valence-electron chi connectivity index (χ0n) is 9.90. The summed E-state index contributed by atoms with van der Waals surface area (Å²) in [5.74, 6) is -0.496. The highest BCUT2D eigenvalue weighted by molar-refractivity contribution is 6.32. The van der Waals surface area contributed by atoms with Gasteiger partial charge in [0, 0.05) is 5.69 Å². The normalized spacial score (nSPS) is 10.0. The van der Waals surface area contributed by atoms with Gasteiger partial charge >= 0.3 is 0 Å². The molecule has 2 rings (SSSR count). The molecule has 2 aromatic carbocycles. The molecule has 0 radical (unpaired) electrons. The Morgan fingerprint density at radius 2 is 1.95 bits per heavy atom. The molecule has 0 unspecified atom stereocenters. The van der Waals surface area contributed by atoms with Crippen LogP contribution >= 0.6 is 11.6 Å². The third-order valence-electron chi connectivity index (χ3n) is 2.31. The van der Waals surface area contributed by atoms with E-state index in [1.54, 1.807) is 12.1 Å². The monoisotopic (exact) mass is 279 g/mol. The van der Waals surface area contributed by atoms with E-state index in [-0.39, 0.29) is 23.3 Å². The smallest absolute Gasteiger partial charge is 0.262 e. The molecule has 0 bridgehead atoms. The predicted octanol–water partition coefficient (Wildman–Crippen LogP) is 3.50. The molecule has 0 saturated heterocycles. The molecule has 5 heteroatoms. The molecule has 98 valence electrons. The third kappa shape index (κ3) is 3.96. The lowest BCUT2D eigenvalue weighted by Gasteiger charge is -2.08. The quantitative estimate of drug-likeness (QED) is 0.930. The average Bonchev–Trinajstić information content (AvgIpc) is 2.39. The number of rotatable bonds is 4. The molecule has 0 spiro atoms. The second-order valence-electron chi connectivity index (χ2n) is 3.78. The highest BCUT2D eigenvalue weighted by atomic mass is 35.5. The summed E-state index contributed by atoms with van der Waals surface area (Å²) in [6.45, 7) is -0.194. The number of para-hydroxylation sites is 1. The van der Waals surface area contributed by atoms with Crippen molar-refractivity contribution in [2.75, 3.05) is 11.9 Å². The van der Waals surface area contributed by atoms with E-state index in [4.69, 9.17) is 16.3 Å².